The highest BCUT2D eigenvalue weighted by atomic mass is 19.1. The zero-order chi connectivity index (χ0) is 13.8. The standard InChI is InChI=1S/C13H19F2N3O/c1-3-16-12-10(14)8-11(15)13(17-12)19-9-4-6-18(2)7-5-9/h8-9H,3-7H2,1-2H3,(H,16,17). The van der Waals surface area contributed by atoms with E-state index in [0.717, 1.165) is 32.0 Å². The molecule has 4 nitrogen and oxygen atoms in total. The molecule has 0 radical (unpaired) electrons. The van der Waals surface area contributed by atoms with Crippen molar-refractivity contribution in [2.24, 2.45) is 0 Å². The van der Waals surface area contributed by atoms with Gasteiger partial charge in [0.1, 0.15) is 6.10 Å². The van der Waals surface area contributed by atoms with Gasteiger partial charge < -0.3 is 15.0 Å². The van der Waals surface area contributed by atoms with Crippen molar-refractivity contribution in [1.29, 1.82) is 0 Å². The summed E-state index contributed by atoms with van der Waals surface area (Å²) in [5.41, 5.74) is 0. The molecular weight excluding hydrogens is 252 g/mol. The fourth-order valence-corrected chi connectivity index (χ4v) is 2.08. The summed E-state index contributed by atoms with van der Waals surface area (Å²) in [6.07, 6.45) is 1.59. The lowest BCUT2D eigenvalue weighted by Crippen LogP contribution is -2.36. The fraction of sp³-hybridized carbons (Fsp3) is 0.615. The van der Waals surface area contributed by atoms with E-state index in [1.165, 1.54) is 0 Å². The van der Waals surface area contributed by atoms with E-state index < -0.39 is 11.6 Å². The second kappa shape index (κ2) is 6.14. The Morgan fingerprint density at radius 3 is 2.68 bits per heavy atom. The van der Waals surface area contributed by atoms with Crippen LogP contribution < -0.4 is 10.1 Å². The topological polar surface area (TPSA) is 37.4 Å². The molecule has 2 rings (SSSR count). The maximum Gasteiger partial charge on any atom is 0.252 e. The van der Waals surface area contributed by atoms with Crippen LogP contribution in [-0.2, 0) is 0 Å². The lowest BCUT2D eigenvalue weighted by molar-refractivity contribution is 0.105. The van der Waals surface area contributed by atoms with Crippen molar-refractivity contribution >= 4 is 5.82 Å². The van der Waals surface area contributed by atoms with Gasteiger partial charge in [0, 0.05) is 25.7 Å². The van der Waals surface area contributed by atoms with Gasteiger partial charge in [0.25, 0.3) is 5.88 Å². The first-order chi connectivity index (χ1) is 9.10. The van der Waals surface area contributed by atoms with Gasteiger partial charge >= 0.3 is 0 Å². The third kappa shape index (κ3) is 3.53. The van der Waals surface area contributed by atoms with Gasteiger partial charge in [0.05, 0.1) is 0 Å². The van der Waals surface area contributed by atoms with E-state index in [1.54, 1.807) is 0 Å². The second-order valence-corrected chi connectivity index (χ2v) is 4.76. The average Bonchev–Trinajstić information content (AvgIpc) is 2.38. The number of hydrogen-bond acceptors (Lipinski definition) is 4. The molecule has 0 saturated carbocycles. The van der Waals surface area contributed by atoms with Crippen molar-refractivity contribution in [3.8, 4) is 5.88 Å². The molecule has 106 valence electrons. The summed E-state index contributed by atoms with van der Waals surface area (Å²) in [5, 5.41) is 2.75. The highest BCUT2D eigenvalue weighted by molar-refractivity contribution is 5.39. The summed E-state index contributed by atoms with van der Waals surface area (Å²) in [6, 6.07) is 0.815. The van der Waals surface area contributed by atoms with Gasteiger partial charge in [-0.05, 0) is 26.8 Å². The fourth-order valence-electron chi connectivity index (χ4n) is 2.08. The predicted octanol–water partition coefficient (Wildman–Crippen LogP) is 2.26. The Morgan fingerprint density at radius 2 is 2.05 bits per heavy atom. The maximum absolute atomic E-state index is 13.6. The number of likely N-dealkylation sites (tertiary alicyclic amines) is 1. The summed E-state index contributed by atoms with van der Waals surface area (Å²) in [4.78, 5) is 6.07. The molecule has 0 atom stereocenters. The molecule has 0 unspecified atom stereocenters. The van der Waals surface area contributed by atoms with Crippen LogP contribution in [0.3, 0.4) is 0 Å². The minimum absolute atomic E-state index is 0.0341. The first kappa shape index (κ1) is 14.0. The molecule has 0 bridgehead atoms. The van der Waals surface area contributed by atoms with Gasteiger partial charge in [0.2, 0.25) is 0 Å². The predicted molar refractivity (Wildman–Crippen MR) is 69.5 cm³/mol. The van der Waals surface area contributed by atoms with E-state index in [1.807, 2.05) is 14.0 Å². The number of aromatic nitrogens is 1. The Hall–Kier alpha value is -1.43. The minimum atomic E-state index is -0.752. The summed E-state index contributed by atoms with van der Waals surface area (Å²) >= 11 is 0. The normalized spacial score (nSPS) is 17.5. The SMILES string of the molecule is CCNc1nc(OC2CCN(C)CC2)c(F)cc1F. The Kier molecular flexibility index (Phi) is 4.52. The molecule has 0 aliphatic carbocycles. The van der Waals surface area contributed by atoms with Crippen molar-refractivity contribution in [2.75, 3.05) is 32.0 Å². The van der Waals surface area contributed by atoms with Crippen LogP contribution in [0.15, 0.2) is 6.07 Å². The number of halogens is 2. The highest BCUT2D eigenvalue weighted by Crippen LogP contribution is 2.24. The van der Waals surface area contributed by atoms with Crippen molar-refractivity contribution < 1.29 is 13.5 Å². The number of ether oxygens (including phenoxy) is 1. The van der Waals surface area contributed by atoms with Crippen molar-refractivity contribution in [3.63, 3.8) is 0 Å². The van der Waals surface area contributed by atoms with Gasteiger partial charge in [-0.15, -0.1) is 0 Å². The molecule has 19 heavy (non-hydrogen) atoms. The molecule has 1 aliphatic rings. The first-order valence-electron chi connectivity index (χ1n) is 6.55. The number of pyridine rings is 1. The van der Waals surface area contributed by atoms with Crippen LogP contribution in [0, 0.1) is 11.6 Å². The smallest absolute Gasteiger partial charge is 0.252 e. The maximum atomic E-state index is 13.6. The van der Waals surface area contributed by atoms with E-state index in [0.29, 0.717) is 6.54 Å². The Morgan fingerprint density at radius 1 is 1.37 bits per heavy atom. The van der Waals surface area contributed by atoms with Gasteiger partial charge in [-0.2, -0.15) is 4.98 Å². The summed E-state index contributed by atoms with van der Waals surface area (Å²) in [6.45, 7) is 4.16. The molecule has 1 aromatic heterocycles. The third-order valence-electron chi connectivity index (χ3n) is 3.19. The number of hydrogen-bond donors (Lipinski definition) is 1. The zero-order valence-corrected chi connectivity index (χ0v) is 11.2. The number of piperidine rings is 1. The van der Waals surface area contributed by atoms with Gasteiger partial charge in [-0.25, -0.2) is 8.78 Å². The van der Waals surface area contributed by atoms with E-state index in [9.17, 15) is 8.78 Å². The summed E-state index contributed by atoms with van der Waals surface area (Å²) in [5.74, 6) is -1.54. The Balaban J connectivity index is 2.08. The van der Waals surface area contributed by atoms with Crippen molar-refractivity contribution in [2.45, 2.75) is 25.9 Å². The molecule has 0 amide bonds. The minimum Gasteiger partial charge on any atom is -0.472 e. The average molecular weight is 271 g/mol. The summed E-state index contributed by atoms with van der Waals surface area (Å²) in [7, 11) is 2.04. The van der Waals surface area contributed by atoms with Crippen LogP contribution in [-0.4, -0.2) is 42.7 Å². The van der Waals surface area contributed by atoms with Crippen LogP contribution in [0.2, 0.25) is 0 Å². The van der Waals surface area contributed by atoms with E-state index >= 15 is 0 Å². The number of nitrogens with zero attached hydrogens (tertiary/aromatic N) is 2. The quantitative estimate of drug-likeness (QED) is 0.911. The van der Waals surface area contributed by atoms with E-state index in [-0.39, 0.29) is 17.8 Å². The number of nitrogens with one attached hydrogen (secondary N) is 1. The number of anilines is 1. The monoisotopic (exact) mass is 271 g/mol. The van der Waals surface area contributed by atoms with Crippen LogP contribution in [0.1, 0.15) is 19.8 Å². The van der Waals surface area contributed by atoms with Crippen molar-refractivity contribution in [3.05, 3.63) is 17.7 Å². The first-order valence-corrected chi connectivity index (χ1v) is 6.55. The molecule has 0 spiro atoms. The molecule has 1 saturated heterocycles. The zero-order valence-electron chi connectivity index (χ0n) is 11.2. The molecule has 1 fully saturated rings. The van der Waals surface area contributed by atoms with Gasteiger partial charge in [-0.3, -0.25) is 0 Å². The van der Waals surface area contributed by atoms with Crippen molar-refractivity contribution in [1.82, 2.24) is 9.88 Å². The second-order valence-electron chi connectivity index (χ2n) is 4.76. The lowest BCUT2D eigenvalue weighted by Gasteiger charge is -2.29. The summed E-state index contributed by atoms with van der Waals surface area (Å²) < 4.78 is 32.6. The van der Waals surface area contributed by atoms with E-state index in [4.69, 9.17) is 4.74 Å². The van der Waals surface area contributed by atoms with Gasteiger partial charge in [0.15, 0.2) is 17.5 Å². The molecule has 6 heteroatoms. The molecular formula is C13H19F2N3O. The van der Waals surface area contributed by atoms with Crippen LogP contribution in [0.4, 0.5) is 14.6 Å². The largest absolute Gasteiger partial charge is 0.472 e. The van der Waals surface area contributed by atoms with Crippen LogP contribution >= 0.6 is 0 Å². The number of rotatable bonds is 4. The molecule has 2 heterocycles. The molecule has 0 aromatic carbocycles. The van der Waals surface area contributed by atoms with E-state index in [2.05, 4.69) is 15.2 Å². The lowest BCUT2D eigenvalue weighted by atomic mass is 10.1. The Bertz CT molecular complexity index is 434. The molecule has 1 aromatic rings. The van der Waals surface area contributed by atoms with Crippen LogP contribution in [0.5, 0.6) is 5.88 Å². The molecule has 1 aliphatic heterocycles. The highest BCUT2D eigenvalue weighted by Gasteiger charge is 2.21. The molecule has 1 N–H and O–H groups in total. The van der Waals surface area contributed by atoms with Gasteiger partial charge in [-0.1, -0.05) is 0 Å². The Labute approximate surface area is 111 Å². The van der Waals surface area contributed by atoms with Crippen LogP contribution in [0.25, 0.3) is 0 Å². The third-order valence-corrected chi connectivity index (χ3v) is 3.19.